The number of methoxy groups -OCH3 is 1. The summed E-state index contributed by atoms with van der Waals surface area (Å²) in [6.07, 6.45) is 1.07. The third kappa shape index (κ3) is 6.26. The topological polar surface area (TPSA) is 65.8 Å². The van der Waals surface area contributed by atoms with Gasteiger partial charge < -0.3 is 24.1 Å². The second-order valence-electron chi connectivity index (χ2n) is 7.22. The summed E-state index contributed by atoms with van der Waals surface area (Å²) in [4.78, 5) is 0. The predicted molar refractivity (Wildman–Crippen MR) is 113 cm³/mol. The number of aromatic nitrogens is 1. The molecule has 1 heterocycles. The molecule has 6 heteroatoms. The summed E-state index contributed by atoms with van der Waals surface area (Å²) in [7, 11) is 1.56. The molecule has 0 aliphatic carbocycles. The Morgan fingerprint density at radius 1 is 1.03 bits per heavy atom. The van der Waals surface area contributed by atoms with E-state index in [2.05, 4.69) is 29.5 Å². The van der Waals surface area contributed by atoms with Crippen molar-refractivity contribution in [3.8, 4) is 23.0 Å². The Morgan fingerprint density at radius 3 is 2.55 bits per heavy atom. The van der Waals surface area contributed by atoms with Gasteiger partial charge in [-0.25, -0.2) is 0 Å². The number of hydrogen-bond acceptors (Lipinski definition) is 6. The molecule has 0 aliphatic heterocycles. The molecule has 29 heavy (non-hydrogen) atoms. The predicted octanol–water partition coefficient (Wildman–Crippen LogP) is 5.15. The SMILES string of the molecule is COCOc1cc(-c2ccc(NC(C)Cc3cccc(OC(C)C)c3)cc2)on1. The largest absolute Gasteiger partial charge is 0.491 e. The summed E-state index contributed by atoms with van der Waals surface area (Å²) >= 11 is 0. The van der Waals surface area contributed by atoms with Gasteiger partial charge in [-0.1, -0.05) is 12.1 Å². The van der Waals surface area contributed by atoms with Crippen LogP contribution in [0.2, 0.25) is 0 Å². The molecule has 3 rings (SSSR count). The molecule has 2 aromatic carbocycles. The van der Waals surface area contributed by atoms with Crippen LogP contribution in [0.25, 0.3) is 11.3 Å². The number of benzene rings is 2. The van der Waals surface area contributed by atoms with E-state index in [9.17, 15) is 0 Å². The molecule has 0 saturated carbocycles. The molecule has 1 N–H and O–H groups in total. The van der Waals surface area contributed by atoms with E-state index in [0.29, 0.717) is 11.6 Å². The molecule has 1 atom stereocenters. The van der Waals surface area contributed by atoms with Crippen LogP contribution < -0.4 is 14.8 Å². The van der Waals surface area contributed by atoms with Gasteiger partial charge in [0.15, 0.2) is 12.6 Å². The maximum absolute atomic E-state index is 5.78. The summed E-state index contributed by atoms with van der Waals surface area (Å²) in [5.74, 6) is 1.97. The standard InChI is InChI=1S/C23H28N2O4/c1-16(2)28-21-7-5-6-18(13-21)12-17(3)24-20-10-8-19(9-11-20)22-14-23(25-29-22)27-15-26-4/h5-11,13-14,16-17,24H,12,15H2,1-4H3. The molecule has 0 fully saturated rings. The fraction of sp³-hybridized carbons (Fsp3) is 0.348. The molecular weight excluding hydrogens is 368 g/mol. The van der Waals surface area contributed by atoms with Crippen LogP contribution in [0.5, 0.6) is 11.6 Å². The van der Waals surface area contributed by atoms with Gasteiger partial charge in [-0.05, 0) is 74.3 Å². The van der Waals surface area contributed by atoms with E-state index >= 15 is 0 Å². The molecular formula is C23H28N2O4. The lowest BCUT2D eigenvalue weighted by Gasteiger charge is -2.17. The van der Waals surface area contributed by atoms with Gasteiger partial charge in [0.1, 0.15) is 5.75 Å². The summed E-state index contributed by atoms with van der Waals surface area (Å²) in [6, 6.07) is 18.3. The van der Waals surface area contributed by atoms with Crippen molar-refractivity contribution in [3.63, 3.8) is 0 Å². The van der Waals surface area contributed by atoms with E-state index in [-0.39, 0.29) is 18.9 Å². The monoisotopic (exact) mass is 396 g/mol. The van der Waals surface area contributed by atoms with E-state index in [1.165, 1.54) is 5.56 Å². The van der Waals surface area contributed by atoms with Crippen molar-refractivity contribution in [1.29, 1.82) is 0 Å². The highest BCUT2D eigenvalue weighted by Gasteiger charge is 2.09. The van der Waals surface area contributed by atoms with Crippen molar-refractivity contribution in [2.24, 2.45) is 0 Å². The van der Waals surface area contributed by atoms with Crippen LogP contribution in [-0.2, 0) is 11.2 Å². The zero-order chi connectivity index (χ0) is 20.6. The van der Waals surface area contributed by atoms with Crippen LogP contribution in [0.1, 0.15) is 26.3 Å². The lowest BCUT2D eigenvalue weighted by Crippen LogP contribution is -2.18. The summed E-state index contributed by atoms with van der Waals surface area (Å²) in [5, 5.41) is 7.40. The molecule has 0 radical (unpaired) electrons. The number of hydrogen-bond donors (Lipinski definition) is 1. The average Bonchev–Trinajstić information content (AvgIpc) is 3.15. The van der Waals surface area contributed by atoms with E-state index in [1.807, 2.05) is 50.2 Å². The number of anilines is 1. The molecule has 0 spiro atoms. The fourth-order valence-corrected chi connectivity index (χ4v) is 3.02. The molecule has 6 nitrogen and oxygen atoms in total. The van der Waals surface area contributed by atoms with E-state index in [1.54, 1.807) is 13.2 Å². The molecule has 154 valence electrons. The maximum Gasteiger partial charge on any atom is 0.256 e. The first-order valence-corrected chi connectivity index (χ1v) is 9.74. The van der Waals surface area contributed by atoms with Crippen molar-refractivity contribution in [2.75, 3.05) is 19.2 Å². The van der Waals surface area contributed by atoms with Crippen molar-refractivity contribution in [2.45, 2.75) is 39.3 Å². The second-order valence-corrected chi connectivity index (χ2v) is 7.22. The lowest BCUT2D eigenvalue weighted by molar-refractivity contribution is 0.0453. The smallest absolute Gasteiger partial charge is 0.256 e. The van der Waals surface area contributed by atoms with Gasteiger partial charge in [0, 0.05) is 30.5 Å². The van der Waals surface area contributed by atoms with Gasteiger partial charge in [0.05, 0.1) is 6.10 Å². The Kier molecular flexibility index (Phi) is 7.14. The number of nitrogens with zero attached hydrogens (tertiary/aromatic N) is 1. The minimum absolute atomic E-state index is 0.138. The summed E-state index contributed by atoms with van der Waals surface area (Å²) < 4.78 is 21.2. The Hall–Kier alpha value is -2.99. The van der Waals surface area contributed by atoms with Gasteiger partial charge in [-0.2, -0.15) is 0 Å². The highest BCUT2D eigenvalue weighted by molar-refractivity contribution is 5.62. The molecule has 1 unspecified atom stereocenters. The normalized spacial score (nSPS) is 12.0. The molecule has 0 aliphatic rings. The first-order chi connectivity index (χ1) is 14.0. The van der Waals surface area contributed by atoms with Crippen molar-refractivity contribution < 1.29 is 18.7 Å². The maximum atomic E-state index is 5.78. The van der Waals surface area contributed by atoms with Gasteiger partial charge in [0.25, 0.3) is 5.88 Å². The number of rotatable bonds is 10. The highest BCUT2D eigenvalue weighted by Crippen LogP contribution is 2.25. The zero-order valence-electron chi connectivity index (χ0n) is 17.3. The Morgan fingerprint density at radius 2 is 1.83 bits per heavy atom. The van der Waals surface area contributed by atoms with Crippen LogP contribution in [0.4, 0.5) is 5.69 Å². The average molecular weight is 396 g/mol. The highest BCUT2D eigenvalue weighted by atomic mass is 16.7. The molecule has 3 aromatic rings. The minimum Gasteiger partial charge on any atom is -0.491 e. The van der Waals surface area contributed by atoms with Crippen molar-refractivity contribution in [3.05, 3.63) is 60.2 Å². The lowest BCUT2D eigenvalue weighted by atomic mass is 10.1. The fourth-order valence-electron chi connectivity index (χ4n) is 3.02. The molecule has 0 amide bonds. The molecule has 1 aromatic heterocycles. The van der Waals surface area contributed by atoms with Crippen molar-refractivity contribution in [1.82, 2.24) is 5.16 Å². The van der Waals surface area contributed by atoms with Gasteiger partial charge in [0.2, 0.25) is 0 Å². The quantitative estimate of drug-likeness (QED) is 0.478. The second kappa shape index (κ2) is 9.98. The van der Waals surface area contributed by atoms with Crippen LogP contribution in [-0.4, -0.2) is 31.2 Å². The van der Waals surface area contributed by atoms with Crippen LogP contribution in [0.3, 0.4) is 0 Å². The van der Waals surface area contributed by atoms with E-state index in [4.69, 9.17) is 18.7 Å². The third-order valence-electron chi connectivity index (χ3n) is 4.21. The van der Waals surface area contributed by atoms with E-state index < -0.39 is 0 Å². The van der Waals surface area contributed by atoms with Crippen LogP contribution >= 0.6 is 0 Å². The summed E-state index contributed by atoms with van der Waals surface area (Å²) in [6.45, 7) is 6.37. The minimum atomic E-state index is 0.138. The van der Waals surface area contributed by atoms with E-state index in [0.717, 1.165) is 23.4 Å². The third-order valence-corrected chi connectivity index (χ3v) is 4.21. The first-order valence-electron chi connectivity index (χ1n) is 9.74. The Bertz CT molecular complexity index is 890. The van der Waals surface area contributed by atoms with Gasteiger partial charge in [-0.15, -0.1) is 0 Å². The Labute approximate surface area is 171 Å². The van der Waals surface area contributed by atoms with Crippen molar-refractivity contribution >= 4 is 5.69 Å². The number of ether oxygens (including phenoxy) is 3. The van der Waals surface area contributed by atoms with Gasteiger partial charge >= 0.3 is 0 Å². The Balaban J connectivity index is 1.57. The van der Waals surface area contributed by atoms with Gasteiger partial charge in [-0.3, -0.25) is 0 Å². The zero-order valence-corrected chi connectivity index (χ0v) is 17.3. The first kappa shape index (κ1) is 20.7. The summed E-state index contributed by atoms with van der Waals surface area (Å²) in [5.41, 5.74) is 3.22. The van der Waals surface area contributed by atoms with Crippen LogP contribution in [0, 0.1) is 0 Å². The van der Waals surface area contributed by atoms with Crippen LogP contribution in [0.15, 0.2) is 59.1 Å². The number of nitrogens with one attached hydrogen (secondary N) is 1. The molecule has 0 bridgehead atoms. The molecule has 0 saturated heterocycles.